The van der Waals surface area contributed by atoms with Crippen molar-refractivity contribution in [1.82, 2.24) is 14.8 Å². The molecule has 3 rings (SSSR count). The van der Waals surface area contributed by atoms with Crippen molar-refractivity contribution >= 4 is 63.8 Å². The minimum Gasteiger partial charge on any atom is -0.331 e. The molecule has 0 saturated carbocycles. The summed E-state index contributed by atoms with van der Waals surface area (Å²) < 4.78 is 1.67. The minimum atomic E-state index is 0.319. The van der Waals surface area contributed by atoms with Gasteiger partial charge in [-0.3, -0.25) is 5.32 Å². The maximum absolute atomic E-state index is 6.15. The van der Waals surface area contributed by atoms with Crippen molar-refractivity contribution in [1.29, 1.82) is 0 Å². The Morgan fingerprint density at radius 1 is 1.04 bits per heavy atom. The van der Waals surface area contributed by atoms with Gasteiger partial charge in [0.1, 0.15) is 6.33 Å². The topological polar surface area (TPSA) is 54.8 Å². The van der Waals surface area contributed by atoms with Crippen LogP contribution in [0.1, 0.15) is 5.56 Å². The van der Waals surface area contributed by atoms with E-state index in [0.29, 0.717) is 38.4 Å². The fourth-order valence-corrected chi connectivity index (χ4v) is 2.93. The van der Waals surface area contributed by atoms with E-state index in [1.165, 1.54) is 0 Å². The Labute approximate surface area is 164 Å². The minimum absolute atomic E-state index is 0.319. The second-order valence-electron chi connectivity index (χ2n) is 5.06. The normalized spacial score (nSPS) is 10.5. The van der Waals surface area contributed by atoms with Gasteiger partial charge in [-0.25, -0.2) is 9.67 Å². The SMILES string of the molecule is S=C(Nc1ncn(Cc2ccccc2Cl)n1)Nc1ccc(Cl)cc1Cl. The number of benzene rings is 2. The molecule has 9 heteroatoms. The molecule has 128 valence electrons. The molecule has 0 saturated heterocycles. The van der Waals surface area contributed by atoms with Crippen molar-refractivity contribution in [2.45, 2.75) is 6.54 Å². The number of halogens is 3. The summed E-state index contributed by atoms with van der Waals surface area (Å²) in [4.78, 5) is 4.18. The molecule has 0 atom stereocenters. The molecule has 0 unspecified atom stereocenters. The van der Waals surface area contributed by atoms with Gasteiger partial charge in [0.2, 0.25) is 5.95 Å². The van der Waals surface area contributed by atoms with Crippen LogP contribution < -0.4 is 10.6 Å². The van der Waals surface area contributed by atoms with E-state index in [1.807, 2.05) is 24.3 Å². The van der Waals surface area contributed by atoms with E-state index in [4.69, 9.17) is 47.0 Å². The molecule has 25 heavy (non-hydrogen) atoms. The first-order valence-corrected chi connectivity index (χ1v) is 8.71. The van der Waals surface area contributed by atoms with Crippen LogP contribution in [-0.2, 0) is 6.54 Å². The highest BCUT2D eigenvalue weighted by Gasteiger charge is 2.08. The van der Waals surface area contributed by atoms with E-state index < -0.39 is 0 Å². The van der Waals surface area contributed by atoms with Crippen LogP contribution in [0.15, 0.2) is 48.8 Å². The molecule has 2 N–H and O–H groups in total. The second kappa shape index (κ2) is 8.01. The van der Waals surface area contributed by atoms with Crippen molar-refractivity contribution in [3.63, 3.8) is 0 Å². The smallest absolute Gasteiger partial charge is 0.248 e. The molecule has 0 aliphatic rings. The Hall–Kier alpha value is -1.86. The molecule has 0 aliphatic heterocycles. The van der Waals surface area contributed by atoms with E-state index in [-0.39, 0.29) is 0 Å². The lowest BCUT2D eigenvalue weighted by Crippen LogP contribution is -2.20. The third-order valence-electron chi connectivity index (χ3n) is 3.23. The zero-order valence-corrected chi connectivity index (χ0v) is 15.8. The fraction of sp³-hybridized carbons (Fsp3) is 0.0625. The average molecular weight is 413 g/mol. The van der Waals surface area contributed by atoms with Crippen molar-refractivity contribution in [2.24, 2.45) is 0 Å². The number of hydrogen-bond acceptors (Lipinski definition) is 3. The Morgan fingerprint density at radius 2 is 1.84 bits per heavy atom. The average Bonchev–Trinajstić information content (AvgIpc) is 2.99. The highest BCUT2D eigenvalue weighted by atomic mass is 35.5. The molecule has 0 spiro atoms. The van der Waals surface area contributed by atoms with Crippen LogP contribution in [0.25, 0.3) is 0 Å². The van der Waals surface area contributed by atoms with Crippen molar-refractivity contribution in [3.05, 3.63) is 69.4 Å². The summed E-state index contributed by atoms with van der Waals surface area (Å²) in [6.45, 7) is 0.511. The third kappa shape index (κ3) is 4.83. The predicted octanol–water partition coefficient (Wildman–Crippen LogP) is 5.10. The van der Waals surface area contributed by atoms with E-state index in [9.17, 15) is 0 Å². The van der Waals surface area contributed by atoms with Gasteiger partial charge in [-0.2, -0.15) is 0 Å². The molecule has 2 aromatic carbocycles. The van der Waals surface area contributed by atoms with Gasteiger partial charge in [0.15, 0.2) is 5.11 Å². The molecule has 0 radical (unpaired) electrons. The molecule has 0 amide bonds. The van der Waals surface area contributed by atoms with Gasteiger partial charge in [0, 0.05) is 10.0 Å². The number of nitrogens with zero attached hydrogens (tertiary/aromatic N) is 3. The fourth-order valence-electron chi connectivity index (χ4n) is 2.08. The Bertz CT molecular complexity index is 912. The number of thiocarbonyl (C=S) groups is 1. The maximum atomic E-state index is 6.15. The summed E-state index contributed by atoms with van der Waals surface area (Å²) in [5, 5.41) is 12.2. The van der Waals surface area contributed by atoms with E-state index in [1.54, 1.807) is 29.2 Å². The molecule has 0 bridgehead atoms. The Kier molecular flexibility index (Phi) is 5.75. The van der Waals surface area contributed by atoms with Crippen LogP contribution in [0.5, 0.6) is 0 Å². The van der Waals surface area contributed by atoms with Crippen LogP contribution >= 0.6 is 47.0 Å². The zero-order chi connectivity index (χ0) is 17.8. The zero-order valence-electron chi connectivity index (χ0n) is 12.7. The number of hydrogen-bond donors (Lipinski definition) is 2. The number of anilines is 2. The summed E-state index contributed by atoms with van der Waals surface area (Å²) in [5.74, 6) is 0.370. The number of nitrogens with one attached hydrogen (secondary N) is 2. The van der Waals surface area contributed by atoms with Gasteiger partial charge in [-0.05, 0) is 42.0 Å². The van der Waals surface area contributed by atoms with Gasteiger partial charge < -0.3 is 5.32 Å². The third-order valence-corrected chi connectivity index (χ3v) is 4.35. The second-order valence-corrected chi connectivity index (χ2v) is 6.72. The summed E-state index contributed by atoms with van der Waals surface area (Å²) >= 11 is 23.4. The van der Waals surface area contributed by atoms with Gasteiger partial charge in [0.05, 0.1) is 17.3 Å². The van der Waals surface area contributed by atoms with Crippen molar-refractivity contribution in [2.75, 3.05) is 10.6 Å². The lowest BCUT2D eigenvalue weighted by molar-refractivity contribution is 0.687. The summed E-state index contributed by atoms with van der Waals surface area (Å²) in [6.07, 6.45) is 1.60. The quantitative estimate of drug-likeness (QED) is 0.584. The van der Waals surface area contributed by atoms with E-state index >= 15 is 0 Å². The van der Waals surface area contributed by atoms with Crippen molar-refractivity contribution in [3.8, 4) is 0 Å². The number of rotatable bonds is 4. The van der Waals surface area contributed by atoms with Gasteiger partial charge in [-0.15, -0.1) is 5.10 Å². The first-order valence-electron chi connectivity index (χ1n) is 7.17. The molecule has 0 aliphatic carbocycles. The molecule has 0 fully saturated rings. The largest absolute Gasteiger partial charge is 0.331 e. The van der Waals surface area contributed by atoms with Crippen LogP contribution in [0.2, 0.25) is 15.1 Å². The highest BCUT2D eigenvalue weighted by molar-refractivity contribution is 7.80. The Morgan fingerprint density at radius 3 is 2.60 bits per heavy atom. The number of aromatic nitrogens is 3. The van der Waals surface area contributed by atoms with Crippen LogP contribution in [-0.4, -0.2) is 19.9 Å². The standard InChI is InChI=1S/C16H12Cl3N5S/c17-11-5-6-14(13(19)7-11)21-16(25)22-15-20-9-24(23-15)8-10-3-1-2-4-12(10)18/h1-7,9H,8H2,(H2,21,22,23,25). The molecular formula is C16H12Cl3N5S. The summed E-state index contributed by atoms with van der Waals surface area (Å²) in [6, 6.07) is 12.7. The lowest BCUT2D eigenvalue weighted by Gasteiger charge is -2.09. The lowest BCUT2D eigenvalue weighted by atomic mass is 10.2. The van der Waals surface area contributed by atoms with Crippen LogP contribution in [0.4, 0.5) is 11.6 Å². The first-order chi connectivity index (χ1) is 12.0. The first kappa shape index (κ1) is 17.9. The molecular weight excluding hydrogens is 401 g/mol. The molecule has 5 nitrogen and oxygen atoms in total. The molecule has 1 heterocycles. The van der Waals surface area contributed by atoms with Crippen LogP contribution in [0, 0.1) is 0 Å². The molecule has 1 aromatic heterocycles. The molecule has 3 aromatic rings. The predicted molar refractivity (Wildman–Crippen MR) is 107 cm³/mol. The monoisotopic (exact) mass is 411 g/mol. The van der Waals surface area contributed by atoms with Gasteiger partial charge in [-0.1, -0.05) is 53.0 Å². The highest BCUT2D eigenvalue weighted by Crippen LogP contribution is 2.25. The Balaban J connectivity index is 1.63. The summed E-state index contributed by atoms with van der Waals surface area (Å²) in [5.41, 5.74) is 1.59. The van der Waals surface area contributed by atoms with E-state index in [2.05, 4.69) is 20.7 Å². The van der Waals surface area contributed by atoms with Gasteiger partial charge >= 0.3 is 0 Å². The van der Waals surface area contributed by atoms with E-state index in [0.717, 1.165) is 5.56 Å². The van der Waals surface area contributed by atoms with Crippen molar-refractivity contribution < 1.29 is 0 Å². The summed E-state index contributed by atoms with van der Waals surface area (Å²) in [7, 11) is 0. The van der Waals surface area contributed by atoms with Gasteiger partial charge in [0.25, 0.3) is 0 Å². The maximum Gasteiger partial charge on any atom is 0.248 e. The van der Waals surface area contributed by atoms with Crippen LogP contribution in [0.3, 0.4) is 0 Å².